The summed E-state index contributed by atoms with van der Waals surface area (Å²) in [5.41, 5.74) is -0.211. The minimum Gasteiger partial charge on any atom is -0.321 e. The summed E-state index contributed by atoms with van der Waals surface area (Å²) in [6.45, 7) is -0.246. The number of amides is 2. The number of hydrogen-bond acceptors (Lipinski definition) is 3. The molecule has 124 valence electrons. The molecule has 0 saturated heterocycles. The molecule has 0 bridgehead atoms. The third-order valence-corrected chi connectivity index (χ3v) is 3.63. The van der Waals surface area contributed by atoms with Gasteiger partial charge in [-0.3, -0.25) is 14.6 Å². The molecule has 0 radical (unpaired) electrons. The zero-order valence-electron chi connectivity index (χ0n) is 12.3. The van der Waals surface area contributed by atoms with E-state index in [1.165, 1.54) is 41.6 Å². The molecule has 0 saturated carbocycles. The Kier molecular flexibility index (Phi) is 3.96. The quantitative estimate of drug-likeness (QED) is 0.918. The van der Waals surface area contributed by atoms with Crippen LogP contribution in [0.15, 0.2) is 42.7 Å². The van der Waals surface area contributed by atoms with Crippen molar-refractivity contribution in [2.24, 2.45) is 0 Å². The number of carbonyl (C=O) groups excluding carboxylic acids is 2. The SMILES string of the molecule is O=C1CN(C(=O)Cc2ccccc2C(F)(F)F)c2ccncc2N1. The number of carbonyl (C=O) groups is 2. The Labute approximate surface area is 135 Å². The normalized spacial score (nSPS) is 14.1. The number of hydrogen-bond donors (Lipinski definition) is 1. The average Bonchev–Trinajstić information content (AvgIpc) is 2.53. The maximum absolute atomic E-state index is 13.0. The van der Waals surface area contributed by atoms with Gasteiger partial charge in [-0.05, 0) is 17.7 Å². The third-order valence-electron chi connectivity index (χ3n) is 3.63. The van der Waals surface area contributed by atoms with Gasteiger partial charge in [-0.2, -0.15) is 13.2 Å². The van der Waals surface area contributed by atoms with Crippen LogP contribution in [0.1, 0.15) is 11.1 Å². The van der Waals surface area contributed by atoms with Gasteiger partial charge < -0.3 is 10.2 Å². The number of fused-ring (bicyclic) bond motifs is 1. The summed E-state index contributed by atoms with van der Waals surface area (Å²) in [5, 5.41) is 2.57. The summed E-state index contributed by atoms with van der Waals surface area (Å²) >= 11 is 0. The largest absolute Gasteiger partial charge is 0.416 e. The first-order valence-corrected chi connectivity index (χ1v) is 7.05. The maximum Gasteiger partial charge on any atom is 0.416 e. The fraction of sp³-hybridized carbons (Fsp3) is 0.188. The number of rotatable bonds is 2. The molecule has 2 heterocycles. The van der Waals surface area contributed by atoms with Crippen LogP contribution in [0.5, 0.6) is 0 Å². The molecule has 8 heteroatoms. The van der Waals surface area contributed by atoms with Crippen molar-refractivity contribution in [2.45, 2.75) is 12.6 Å². The van der Waals surface area contributed by atoms with E-state index in [0.717, 1.165) is 6.07 Å². The second-order valence-corrected chi connectivity index (χ2v) is 5.25. The van der Waals surface area contributed by atoms with Crippen LogP contribution >= 0.6 is 0 Å². The van der Waals surface area contributed by atoms with Crippen LogP contribution in [0, 0.1) is 0 Å². The lowest BCUT2D eigenvalue weighted by atomic mass is 10.0. The van der Waals surface area contributed by atoms with Crippen LogP contribution < -0.4 is 10.2 Å². The summed E-state index contributed by atoms with van der Waals surface area (Å²) in [4.78, 5) is 29.2. The monoisotopic (exact) mass is 335 g/mol. The Morgan fingerprint density at radius 3 is 2.75 bits per heavy atom. The molecule has 5 nitrogen and oxygen atoms in total. The predicted octanol–water partition coefficient (Wildman–Crippen LogP) is 2.63. The predicted molar refractivity (Wildman–Crippen MR) is 80.4 cm³/mol. The van der Waals surface area contributed by atoms with E-state index >= 15 is 0 Å². The molecule has 3 rings (SSSR count). The highest BCUT2D eigenvalue weighted by Crippen LogP contribution is 2.33. The highest BCUT2D eigenvalue weighted by molar-refractivity contribution is 6.10. The highest BCUT2D eigenvalue weighted by Gasteiger charge is 2.34. The van der Waals surface area contributed by atoms with E-state index < -0.39 is 30.0 Å². The molecule has 24 heavy (non-hydrogen) atoms. The Hall–Kier alpha value is -2.90. The number of nitrogens with zero attached hydrogens (tertiary/aromatic N) is 2. The van der Waals surface area contributed by atoms with Gasteiger partial charge in [0, 0.05) is 6.20 Å². The van der Waals surface area contributed by atoms with Crippen molar-refractivity contribution in [1.29, 1.82) is 0 Å². The number of nitrogens with one attached hydrogen (secondary N) is 1. The van der Waals surface area contributed by atoms with Gasteiger partial charge >= 0.3 is 6.18 Å². The fourth-order valence-corrected chi connectivity index (χ4v) is 2.57. The molecule has 0 aliphatic carbocycles. The van der Waals surface area contributed by atoms with Crippen LogP contribution in [0.2, 0.25) is 0 Å². The van der Waals surface area contributed by atoms with Gasteiger partial charge in [0.15, 0.2) is 0 Å². The smallest absolute Gasteiger partial charge is 0.321 e. The highest BCUT2D eigenvalue weighted by atomic mass is 19.4. The third kappa shape index (κ3) is 3.08. The van der Waals surface area contributed by atoms with Gasteiger partial charge in [0.05, 0.1) is 29.6 Å². The first kappa shape index (κ1) is 16.0. The number of alkyl halides is 3. The molecule has 0 spiro atoms. The molecular weight excluding hydrogens is 323 g/mol. The molecule has 2 aromatic rings. The van der Waals surface area contributed by atoms with E-state index in [4.69, 9.17) is 0 Å². The number of halogens is 3. The molecule has 1 aromatic heterocycles. The number of anilines is 2. The van der Waals surface area contributed by atoms with Crippen molar-refractivity contribution < 1.29 is 22.8 Å². The van der Waals surface area contributed by atoms with E-state index in [0.29, 0.717) is 11.4 Å². The Morgan fingerprint density at radius 1 is 1.25 bits per heavy atom. The van der Waals surface area contributed by atoms with Gasteiger partial charge in [-0.15, -0.1) is 0 Å². The van der Waals surface area contributed by atoms with Crippen molar-refractivity contribution in [1.82, 2.24) is 4.98 Å². The second-order valence-electron chi connectivity index (χ2n) is 5.25. The van der Waals surface area contributed by atoms with Crippen LogP contribution in [0.25, 0.3) is 0 Å². The topological polar surface area (TPSA) is 62.3 Å². The Bertz CT molecular complexity index is 805. The van der Waals surface area contributed by atoms with E-state index in [-0.39, 0.29) is 12.1 Å². The van der Waals surface area contributed by atoms with E-state index in [1.54, 1.807) is 0 Å². The molecule has 0 fully saturated rings. The molecule has 0 atom stereocenters. The summed E-state index contributed by atoms with van der Waals surface area (Å²) in [7, 11) is 0. The van der Waals surface area contributed by atoms with Gasteiger partial charge in [-0.1, -0.05) is 18.2 Å². The van der Waals surface area contributed by atoms with E-state index in [1.807, 2.05) is 0 Å². The van der Waals surface area contributed by atoms with Crippen molar-refractivity contribution in [3.8, 4) is 0 Å². The summed E-state index contributed by atoms with van der Waals surface area (Å²) in [6.07, 6.45) is -2.17. The first-order chi connectivity index (χ1) is 11.4. The van der Waals surface area contributed by atoms with Crippen LogP contribution in [0.3, 0.4) is 0 Å². The average molecular weight is 335 g/mol. The lowest BCUT2D eigenvalue weighted by molar-refractivity contribution is -0.138. The van der Waals surface area contributed by atoms with Crippen LogP contribution in [0.4, 0.5) is 24.5 Å². The number of aromatic nitrogens is 1. The lowest BCUT2D eigenvalue weighted by Crippen LogP contribution is -2.43. The van der Waals surface area contributed by atoms with Gasteiger partial charge in [0.2, 0.25) is 11.8 Å². The van der Waals surface area contributed by atoms with Crippen molar-refractivity contribution in [2.75, 3.05) is 16.8 Å². The van der Waals surface area contributed by atoms with Crippen molar-refractivity contribution in [3.63, 3.8) is 0 Å². The minimum absolute atomic E-state index is 0.128. The van der Waals surface area contributed by atoms with Crippen molar-refractivity contribution >= 4 is 23.2 Å². The lowest BCUT2D eigenvalue weighted by Gasteiger charge is -2.29. The van der Waals surface area contributed by atoms with Gasteiger partial charge in [0.25, 0.3) is 0 Å². The minimum atomic E-state index is -4.54. The summed E-state index contributed by atoms with van der Waals surface area (Å²) in [5.74, 6) is -1.01. The second kappa shape index (κ2) is 5.95. The van der Waals surface area contributed by atoms with Gasteiger partial charge in [0.1, 0.15) is 6.54 Å². The molecule has 2 amide bonds. The zero-order valence-corrected chi connectivity index (χ0v) is 12.3. The fourth-order valence-electron chi connectivity index (χ4n) is 2.57. The number of benzene rings is 1. The molecule has 1 aliphatic heterocycles. The molecular formula is C16H12F3N3O2. The van der Waals surface area contributed by atoms with E-state index in [9.17, 15) is 22.8 Å². The van der Waals surface area contributed by atoms with Gasteiger partial charge in [-0.25, -0.2) is 0 Å². The standard InChI is InChI=1S/C16H12F3N3O2/c17-16(18,19)11-4-2-1-3-10(11)7-15(24)22-9-14(23)21-12-8-20-6-5-13(12)22/h1-6,8H,7,9H2,(H,21,23). The summed E-state index contributed by atoms with van der Waals surface area (Å²) in [6, 6.07) is 6.44. The molecule has 1 aromatic carbocycles. The van der Waals surface area contributed by atoms with E-state index in [2.05, 4.69) is 10.3 Å². The first-order valence-electron chi connectivity index (χ1n) is 7.05. The molecule has 1 N–H and O–H groups in total. The Balaban J connectivity index is 1.91. The maximum atomic E-state index is 13.0. The van der Waals surface area contributed by atoms with Crippen LogP contribution in [-0.2, 0) is 22.2 Å². The molecule has 1 aliphatic rings. The number of pyridine rings is 1. The van der Waals surface area contributed by atoms with Crippen LogP contribution in [-0.4, -0.2) is 23.3 Å². The zero-order chi connectivity index (χ0) is 17.3. The molecule has 0 unspecified atom stereocenters. The summed E-state index contributed by atoms with van der Waals surface area (Å²) < 4.78 is 39.1. The Morgan fingerprint density at radius 2 is 2.00 bits per heavy atom. The van der Waals surface area contributed by atoms with Crippen molar-refractivity contribution in [3.05, 3.63) is 53.9 Å².